The van der Waals surface area contributed by atoms with Gasteiger partial charge in [-0.05, 0) is 42.3 Å². The van der Waals surface area contributed by atoms with E-state index in [4.69, 9.17) is 0 Å². The molecule has 1 heterocycles. The van der Waals surface area contributed by atoms with Crippen LogP contribution in [0.2, 0.25) is 0 Å². The summed E-state index contributed by atoms with van der Waals surface area (Å²) in [5.74, 6) is -0.379. The zero-order valence-corrected chi connectivity index (χ0v) is 11.7. The van der Waals surface area contributed by atoms with Gasteiger partial charge in [-0.1, -0.05) is 12.1 Å². The topological polar surface area (TPSA) is 42.0 Å². The highest BCUT2D eigenvalue weighted by Crippen LogP contribution is 2.29. The number of alkyl halides is 3. The number of halogens is 3. The Morgan fingerprint density at radius 3 is 2.45 bits per heavy atom. The quantitative estimate of drug-likeness (QED) is 0.869. The lowest BCUT2D eigenvalue weighted by atomic mass is 10.1. The number of aromatic nitrogens is 1. The number of carbonyl (C=O) groups is 1. The van der Waals surface area contributed by atoms with Gasteiger partial charge < -0.3 is 5.32 Å². The predicted octanol–water partition coefficient (Wildman–Crippen LogP) is 4.06. The fourth-order valence-corrected chi connectivity index (χ4v) is 1.72. The molecule has 0 bridgehead atoms. The summed E-state index contributed by atoms with van der Waals surface area (Å²) < 4.78 is 37.3. The molecule has 1 aromatic carbocycles. The van der Waals surface area contributed by atoms with Gasteiger partial charge in [-0.3, -0.25) is 9.78 Å². The van der Waals surface area contributed by atoms with Gasteiger partial charge in [0.15, 0.2) is 0 Å². The van der Waals surface area contributed by atoms with Crippen molar-refractivity contribution in [1.82, 2.24) is 4.98 Å². The molecule has 0 saturated heterocycles. The van der Waals surface area contributed by atoms with E-state index >= 15 is 0 Å². The highest BCUT2D eigenvalue weighted by Gasteiger charge is 2.29. The third-order valence-corrected chi connectivity index (χ3v) is 2.96. The van der Waals surface area contributed by atoms with Crippen LogP contribution < -0.4 is 5.32 Å². The summed E-state index contributed by atoms with van der Waals surface area (Å²) in [4.78, 5) is 15.7. The molecule has 0 atom stereocenters. The maximum absolute atomic E-state index is 12.4. The van der Waals surface area contributed by atoms with E-state index in [-0.39, 0.29) is 5.91 Å². The first kappa shape index (κ1) is 15.8. The normalized spacial score (nSPS) is 11.6. The lowest BCUT2D eigenvalue weighted by Crippen LogP contribution is -2.09. The van der Waals surface area contributed by atoms with E-state index in [0.29, 0.717) is 11.3 Å². The van der Waals surface area contributed by atoms with E-state index in [9.17, 15) is 18.0 Å². The summed E-state index contributed by atoms with van der Waals surface area (Å²) in [7, 11) is 0. The number of amides is 1. The Morgan fingerprint density at radius 1 is 1.18 bits per heavy atom. The Morgan fingerprint density at radius 2 is 1.86 bits per heavy atom. The molecule has 0 radical (unpaired) electrons. The van der Waals surface area contributed by atoms with Gasteiger partial charge in [-0.15, -0.1) is 0 Å². The van der Waals surface area contributed by atoms with Crippen LogP contribution in [0, 0.1) is 6.92 Å². The number of nitrogens with zero attached hydrogens (tertiary/aromatic N) is 1. The molecular formula is C16H13F3N2O. The fraction of sp³-hybridized carbons (Fsp3) is 0.125. The molecule has 1 amide bonds. The number of hydrogen-bond acceptors (Lipinski definition) is 2. The molecule has 1 N–H and O–H groups in total. The number of aryl methyl sites for hydroxylation is 1. The Balaban J connectivity index is 2.02. The van der Waals surface area contributed by atoms with Crippen LogP contribution in [0.1, 0.15) is 16.7 Å². The van der Waals surface area contributed by atoms with Crippen molar-refractivity contribution in [3.05, 3.63) is 65.5 Å². The van der Waals surface area contributed by atoms with Gasteiger partial charge in [0, 0.05) is 12.3 Å². The van der Waals surface area contributed by atoms with Crippen molar-refractivity contribution < 1.29 is 18.0 Å². The number of rotatable bonds is 3. The van der Waals surface area contributed by atoms with Crippen molar-refractivity contribution in [3.8, 4) is 0 Å². The van der Waals surface area contributed by atoms with E-state index in [2.05, 4.69) is 10.3 Å². The monoisotopic (exact) mass is 306 g/mol. The van der Waals surface area contributed by atoms with Gasteiger partial charge in [0.05, 0.1) is 17.4 Å². The maximum atomic E-state index is 12.4. The average molecular weight is 306 g/mol. The number of hydrogen-bond donors (Lipinski definition) is 1. The summed E-state index contributed by atoms with van der Waals surface area (Å²) >= 11 is 0. The zero-order valence-electron chi connectivity index (χ0n) is 11.7. The van der Waals surface area contributed by atoms with Crippen LogP contribution >= 0.6 is 0 Å². The molecule has 22 heavy (non-hydrogen) atoms. The molecule has 0 aliphatic carbocycles. The second kappa shape index (κ2) is 6.43. The second-order valence-electron chi connectivity index (χ2n) is 4.63. The molecule has 2 aromatic rings. The van der Waals surface area contributed by atoms with Crippen LogP contribution in [-0.2, 0) is 11.0 Å². The number of carbonyl (C=O) groups excluding carboxylic acids is 1. The third-order valence-electron chi connectivity index (χ3n) is 2.96. The van der Waals surface area contributed by atoms with E-state index in [1.54, 1.807) is 12.3 Å². The van der Waals surface area contributed by atoms with Crippen molar-refractivity contribution in [1.29, 1.82) is 0 Å². The van der Waals surface area contributed by atoms with Crippen LogP contribution in [0.25, 0.3) is 6.08 Å². The van der Waals surface area contributed by atoms with Gasteiger partial charge in [-0.25, -0.2) is 0 Å². The molecule has 3 nitrogen and oxygen atoms in total. The zero-order chi connectivity index (χ0) is 16.2. The Kier molecular flexibility index (Phi) is 4.60. The molecule has 2 rings (SSSR count). The number of benzene rings is 1. The molecule has 114 valence electrons. The maximum Gasteiger partial charge on any atom is 0.416 e. The van der Waals surface area contributed by atoms with Gasteiger partial charge in [-0.2, -0.15) is 13.2 Å². The lowest BCUT2D eigenvalue weighted by molar-refractivity contribution is -0.137. The van der Waals surface area contributed by atoms with Gasteiger partial charge >= 0.3 is 6.18 Å². The lowest BCUT2D eigenvalue weighted by Gasteiger charge is -2.06. The molecule has 0 unspecified atom stereocenters. The van der Waals surface area contributed by atoms with Gasteiger partial charge in [0.1, 0.15) is 0 Å². The minimum atomic E-state index is -4.36. The first-order valence-electron chi connectivity index (χ1n) is 6.43. The first-order valence-corrected chi connectivity index (χ1v) is 6.43. The van der Waals surface area contributed by atoms with Crippen molar-refractivity contribution in [2.24, 2.45) is 0 Å². The minimum Gasteiger partial charge on any atom is -0.321 e. The van der Waals surface area contributed by atoms with Crippen LogP contribution in [0.5, 0.6) is 0 Å². The smallest absolute Gasteiger partial charge is 0.321 e. The molecule has 0 aliphatic heterocycles. The summed E-state index contributed by atoms with van der Waals surface area (Å²) in [5, 5.41) is 2.65. The molecular weight excluding hydrogens is 293 g/mol. The SMILES string of the molecule is Cc1ccncc1NC(=O)C=Cc1ccc(C(F)(F)F)cc1. The average Bonchev–Trinajstić information content (AvgIpc) is 2.47. The van der Waals surface area contributed by atoms with Crippen LogP contribution in [0.15, 0.2) is 48.8 Å². The van der Waals surface area contributed by atoms with Crippen molar-refractivity contribution in [2.45, 2.75) is 13.1 Å². The third kappa shape index (κ3) is 4.18. The summed E-state index contributed by atoms with van der Waals surface area (Å²) in [6, 6.07) is 6.32. The van der Waals surface area contributed by atoms with Crippen molar-refractivity contribution >= 4 is 17.7 Å². The fourth-order valence-electron chi connectivity index (χ4n) is 1.72. The number of pyridine rings is 1. The Bertz CT molecular complexity index is 691. The molecule has 1 aromatic heterocycles. The Hall–Kier alpha value is -2.63. The van der Waals surface area contributed by atoms with Crippen molar-refractivity contribution in [2.75, 3.05) is 5.32 Å². The van der Waals surface area contributed by atoms with Gasteiger partial charge in [0.25, 0.3) is 0 Å². The van der Waals surface area contributed by atoms with Gasteiger partial charge in [0.2, 0.25) is 5.91 Å². The standard InChI is InChI=1S/C16H13F3N2O/c1-11-8-9-20-10-14(11)21-15(22)7-4-12-2-5-13(6-3-12)16(17,18)19/h2-10H,1H3,(H,21,22). The van der Waals surface area contributed by atoms with E-state index in [1.807, 2.05) is 6.92 Å². The molecule has 0 fully saturated rings. The summed E-state index contributed by atoms with van der Waals surface area (Å²) in [6.45, 7) is 1.83. The van der Waals surface area contributed by atoms with Crippen LogP contribution in [0.3, 0.4) is 0 Å². The molecule has 0 aliphatic rings. The Labute approximate surface area is 125 Å². The summed E-state index contributed by atoms with van der Waals surface area (Å²) in [5.41, 5.74) is 1.24. The number of anilines is 1. The highest BCUT2D eigenvalue weighted by molar-refractivity contribution is 6.02. The summed E-state index contributed by atoms with van der Waals surface area (Å²) in [6.07, 6.45) is 1.48. The molecule has 0 spiro atoms. The largest absolute Gasteiger partial charge is 0.416 e. The number of nitrogens with one attached hydrogen (secondary N) is 1. The van der Waals surface area contributed by atoms with Crippen molar-refractivity contribution in [3.63, 3.8) is 0 Å². The van der Waals surface area contributed by atoms with Crippen LogP contribution in [-0.4, -0.2) is 10.9 Å². The van der Waals surface area contributed by atoms with E-state index < -0.39 is 11.7 Å². The molecule has 0 saturated carbocycles. The first-order chi connectivity index (χ1) is 10.4. The van der Waals surface area contributed by atoms with E-state index in [0.717, 1.165) is 17.7 Å². The van der Waals surface area contributed by atoms with Crippen LogP contribution in [0.4, 0.5) is 18.9 Å². The van der Waals surface area contributed by atoms with E-state index in [1.165, 1.54) is 30.5 Å². The minimum absolute atomic E-state index is 0.379. The second-order valence-corrected chi connectivity index (χ2v) is 4.63. The predicted molar refractivity (Wildman–Crippen MR) is 78.1 cm³/mol. The highest BCUT2D eigenvalue weighted by atomic mass is 19.4. The molecule has 6 heteroatoms.